The van der Waals surface area contributed by atoms with Gasteiger partial charge in [-0.1, -0.05) is 0 Å². The minimum Gasteiger partial charge on any atom is -0.490 e. The van der Waals surface area contributed by atoms with Crippen molar-refractivity contribution in [3.8, 4) is 5.75 Å². The Labute approximate surface area is 141 Å². The number of fused-ring (bicyclic) bond motifs is 1. The highest BCUT2D eigenvalue weighted by molar-refractivity contribution is 5.82. The van der Waals surface area contributed by atoms with Crippen molar-refractivity contribution in [3.05, 3.63) is 24.5 Å². The number of ether oxygens (including phenoxy) is 2. The first-order valence-corrected chi connectivity index (χ1v) is 8.49. The summed E-state index contributed by atoms with van der Waals surface area (Å²) in [6, 6.07) is 4.04. The third kappa shape index (κ3) is 4.19. The molecule has 1 fully saturated rings. The molecule has 0 bridgehead atoms. The summed E-state index contributed by atoms with van der Waals surface area (Å²) in [6.45, 7) is 5.61. The summed E-state index contributed by atoms with van der Waals surface area (Å²) in [5, 5.41) is 3.96. The highest BCUT2D eigenvalue weighted by Gasteiger charge is 2.26. The maximum Gasteiger partial charge on any atom is 0.407 e. The molecule has 2 aromatic heterocycles. The monoisotopic (exact) mass is 331 g/mol. The molecule has 2 heterocycles. The molecule has 0 aliphatic heterocycles. The number of nitrogens with zero attached hydrogens (tertiary/aromatic N) is 1. The topological polar surface area (TPSA) is 76.2 Å². The van der Waals surface area contributed by atoms with Crippen LogP contribution in [0.2, 0.25) is 0 Å². The number of rotatable bonds is 3. The second-order valence-electron chi connectivity index (χ2n) is 7.29. The molecule has 0 aromatic carbocycles. The zero-order valence-electron chi connectivity index (χ0n) is 14.5. The van der Waals surface area contributed by atoms with Crippen LogP contribution in [0.4, 0.5) is 4.79 Å². The van der Waals surface area contributed by atoms with E-state index in [1.807, 2.05) is 39.1 Å². The number of nitrogens with one attached hydrogen (secondary N) is 2. The number of hydrogen-bond acceptors (Lipinski definition) is 4. The number of hydrogen-bond donors (Lipinski definition) is 2. The van der Waals surface area contributed by atoms with Crippen molar-refractivity contribution < 1.29 is 14.3 Å². The third-order valence-corrected chi connectivity index (χ3v) is 4.11. The van der Waals surface area contributed by atoms with E-state index in [9.17, 15) is 4.79 Å². The SMILES string of the molecule is CC(C)(C)OC(=O)NC1CCC(Oc2ccnc3[nH]ccc23)CC1. The second kappa shape index (κ2) is 6.71. The summed E-state index contributed by atoms with van der Waals surface area (Å²) < 4.78 is 11.5. The van der Waals surface area contributed by atoms with E-state index in [2.05, 4.69) is 15.3 Å². The first kappa shape index (κ1) is 16.6. The van der Waals surface area contributed by atoms with Crippen molar-refractivity contribution in [2.24, 2.45) is 0 Å². The minimum atomic E-state index is -0.465. The van der Waals surface area contributed by atoms with Crippen molar-refractivity contribution in [1.82, 2.24) is 15.3 Å². The van der Waals surface area contributed by atoms with Gasteiger partial charge in [0.15, 0.2) is 0 Å². The summed E-state index contributed by atoms with van der Waals surface area (Å²) >= 11 is 0. The maximum absolute atomic E-state index is 11.8. The highest BCUT2D eigenvalue weighted by Crippen LogP contribution is 2.28. The van der Waals surface area contributed by atoms with Crippen LogP contribution < -0.4 is 10.1 Å². The van der Waals surface area contributed by atoms with E-state index in [1.54, 1.807) is 6.20 Å². The van der Waals surface area contributed by atoms with Crippen LogP contribution in [0.15, 0.2) is 24.5 Å². The Morgan fingerprint density at radius 2 is 2.00 bits per heavy atom. The minimum absolute atomic E-state index is 0.157. The van der Waals surface area contributed by atoms with E-state index in [1.165, 1.54) is 0 Å². The normalized spacial score (nSPS) is 21.5. The molecule has 0 radical (unpaired) electrons. The summed E-state index contributed by atoms with van der Waals surface area (Å²) in [7, 11) is 0. The molecule has 0 saturated heterocycles. The highest BCUT2D eigenvalue weighted by atomic mass is 16.6. The standard InChI is InChI=1S/C18H25N3O3/c1-18(2,3)24-17(22)21-12-4-6-13(7-5-12)23-15-9-11-20-16-14(15)8-10-19-16/h8-13H,4-7H2,1-3H3,(H,19,20)(H,21,22). The van der Waals surface area contributed by atoms with Gasteiger partial charge in [0.1, 0.15) is 17.0 Å². The van der Waals surface area contributed by atoms with E-state index in [0.29, 0.717) is 0 Å². The van der Waals surface area contributed by atoms with Crippen LogP contribution in [0.5, 0.6) is 5.75 Å². The van der Waals surface area contributed by atoms with Crippen LogP contribution in [0.25, 0.3) is 11.0 Å². The number of carbonyl (C=O) groups is 1. The molecule has 24 heavy (non-hydrogen) atoms. The number of carbonyl (C=O) groups excluding carboxylic acids is 1. The van der Waals surface area contributed by atoms with Crippen LogP contribution in [-0.4, -0.2) is 33.8 Å². The van der Waals surface area contributed by atoms with Gasteiger partial charge in [-0.3, -0.25) is 0 Å². The number of aromatic nitrogens is 2. The van der Waals surface area contributed by atoms with Gasteiger partial charge in [-0.25, -0.2) is 9.78 Å². The Balaban J connectivity index is 1.50. The second-order valence-corrected chi connectivity index (χ2v) is 7.29. The van der Waals surface area contributed by atoms with Gasteiger partial charge in [-0.15, -0.1) is 0 Å². The zero-order chi connectivity index (χ0) is 17.2. The molecule has 2 aromatic rings. The molecule has 1 amide bonds. The Morgan fingerprint density at radius 1 is 1.25 bits per heavy atom. The van der Waals surface area contributed by atoms with Gasteiger partial charge in [0.25, 0.3) is 0 Å². The molecule has 2 N–H and O–H groups in total. The molecule has 1 aliphatic rings. The average molecular weight is 331 g/mol. The van der Waals surface area contributed by atoms with Crippen LogP contribution in [-0.2, 0) is 4.74 Å². The van der Waals surface area contributed by atoms with Gasteiger partial charge in [0.05, 0.1) is 11.5 Å². The number of alkyl carbamates (subject to hydrolysis) is 1. The van der Waals surface area contributed by atoms with Crippen molar-refractivity contribution in [2.75, 3.05) is 0 Å². The van der Waals surface area contributed by atoms with Crippen molar-refractivity contribution in [1.29, 1.82) is 0 Å². The van der Waals surface area contributed by atoms with Gasteiger partial charge in [0.2, 0.25) is 0 Å². The first-order valence-electron chi connectivity index (χ1n) is 8.49. The molecule has 0 spiro atoms. The van der Waals surface area contributed by atoms with Crippen molar-refractivity contribution in [3.63, 3.8) is 0 Å². The zero-order valence-corrected chi connectivity index (χ0v) is 14.5. The Bertz CT molecular complexity index is 697. The summed E-state index contributed by atoms with van der Waals surface area (Å²) in [4.78, 5) is 19.2. The van der Waals surface area contributed by atoms with Crippen LogP contribution in [0.1, 0.15) is 46.5 Å². The lowest BCUT2D eigenvalue weighted by atomic mass is 9.93. The average Bonchev–Trinajstić information content (AvgIpc) is 2.97. The molecule has 0 unspecified atom stereocenters. The third-order valence-electron chi connectivity index (χ3n) is 4.11. The lowest BCUT2D eigenvalue weighted by Gasteiger charge is -2.30. The number of aromatic amines is 1. The molecule has 3 rings (SSSR count). The molecule has 6 heteroatoms. The van der Waals surface area contributed by atoms with E-state index >= 15 is 0 Å². The summed E-state index contributed by atoms with van der Waals surface area (Å²) in [5.74, 6) is 0.866. The first-order chi connectivity index (χ1) is 11.4. The van der Waals surface area contributed by atoms with Crippen molar-refractivity contribution >= 4 is 17.1 Å². The Kier molecular flexibility index (Phi) is 4.64. The molecule has 1 saturated carbocycles. The number of pyridine rings is 1. The van der Waals surface area contributed by atoms with Crippen LogP contribution >= 0.6 is 0 Å². The maximum atomic E-state index is 11.8. The lowest BCUT2D eigenvalue weighted by molar-refractivity contribution is 0.0471. The molecule has 1 aliphatic carbocycles. The van der Waals surface area contributed by atoms with E-state index in [-0.39, 0.29) is 18.2 Å². The van der Waals surface area contributed by atoms with E-state index in [0.717, 1.165) is 42.5 Å². The van der Waals surface area contributed by atoms with Gasteiger partial charge in [-0.2, -0.15) is 0 Å². The quantitative estimate of drug-likeness (QED) is 0.897. The molecule has 6 nitrogen and oxygen atoms in total. The molecular weight excluding hydrogens is 306 g/mol. The fourth-order valence-electron chi connectivity index (χ4n) is 3.02. The Morgan fingerprint density at radius 3 is 2.71 bits per heavy atom. The fourth-order valence-corrected chi connectivity index (χ4v) is 3.02. The summed E-state index contributed by atoms with van der Waals surface area (Å²) in [5.41, 5.74) is 0.376. The van der Waals surface area contributed by atoms with Crippen LogP contribution in [0.3, 0.4) is 0 Å². The number of H-pyrrole nitrogens is 1. The van der Waals surface area contributed by atoms with Gasteiger partial charge < -0.3 is 19.8 Å². The fraction of sp³-hybridized carbons (Fsp3) is 0.556. The van der Waals surface area contributed by atoms with Gasteiger partial charge in [0, 0.05) is 18.4 Å². The predicted molar refractivity (Wildman–Crippen MR) is 92.1 cm³/mol. The van der Waals surface area contributed by atoms with E-state index < -0.39 is 5.60 Å². The molecule has 130 valence electrons. The van der Waals surface area contributed by atoms with E-state index in [4.69, 9.17) is 9.47 Å². The largest absolute Gasteiger partial charge is 0.490 e. The van der Waals surface area contributed by atoms with Gasteiger partial charge in [-0.05, 0) is 58.6 Å². The Hall–Kier alpha value is -2.24. The van der Waals surface area contributed by atoms with Gasteiger partial charge >= 0.3 is 6.09 Å². The number of amides is 1. The molecule has 0 atom stereocenters. The smallest absolute Gasteiger partial charge is 0.407 e. The summed E-state index contributed by atoms with van der Waals surface area (Å²) in [6.07, 6.45) is 7.06. The lowest BCUT2D eigenvalue weighted by Crippen LogP contribution is -2.42. The van der Waals surface area contributed by atoms with Crippen LogP contribution in [0, 0.1) is 0 Å². The van der Waals surface area contributed by atoms with Crippen molar-refractivity contribution in [2.45, 2.75) is 64.2 Å². The predicted octanol–water partition coefficient (Wildman–Crippen LogP) is 3.78. The molecular formula is C18H25N3O3.